The van der Waals surface area contributed by atoms with Gasteiger partial charge < -0.3 is 10.6 Å². The molecule has 0 saturated carbocycles. The molecule has 0 bridgehead atoms. The van der Waals surface area contributed by atoms with Crippen LogP contribution in [0.25, 0.3) is 21.0 Å². The summed E-state index contributed by atoms with van der Waals surface area (Å²) in [7, 11) is 0. The second-order valence-electron chi connectivity index (χ2n) is 6.53. The van der Waals surface area contributed by atoms with Crippen molar-refractivity contribution in [1.82, 2.24) is 15.0 Å². The molecule has 30 heavy (non-hydrogen) atoms. The molecule has 146 valence electrons. The summed E-state index contributed by atoms with van der Waals surface area (Å²) in [4.78, 5) is 23.6. The normalized spacial score (nSPS) is 10.9. The first-order valence-corrected chi connectivity index (χ1v) is 9.91. The molecule has 0 aliphatic rings. The fourth-order valence-corrected chi connectivity index (χ4v) is 3.84. The lowest BCUT2D eigenvalue weighted by atomic mass is 10.1. The van der Waals surface area contributed by atoms with Gasteiger partial charge in [0, 0.05) is 11.4 Å². The zero-order valence-corrected chi connectivity index (χ0v) is 16.3. The molecule has 5 rings (SSSR count). The predicted octanol–water partition coefficient (Wildman–Crippen LogP) is 5.63. The van der Waals surface area contributed by atoms with Crippen LogP contribution in [0.5, 0.6) is 0 Å². The van der Waals surface area contributed by atoms with E-state index < -0.39 is 4.92 Å². The maximum absolute atomic E-state index is 11.5. The van der Waals surface area contributed by atoms with Crippen LogP contribution in [0, 0.1) is 10.1 Å². The molecule has 0 saturated heterocycles. The number of hydrogen-bond donors (Lipinski definition) is 2. The maximum atomic E-state index is 11.5. The lowest BCUT2D eigenvalue weighted by Crippen LogP contribution is -2.04. The van der Waals surface area contributed by atoms with Crippen LogP contribution in [0.3, 0.4) is 0 Å². The summed E-state index contributed by atoms with van der Waals surface area (Å²) in [5, 5.41) is 19.8. The third-order valence-electron chi connectivity index (χ3n) is 4.57. The number of aromatic nitrogens is 3. The molecule has 0 aliphatic heterocycles. The molecular formula is C21H14N6O2S. The molecule has 0 amide bonds. The highest BCUT2D eigenvalue weighted by Gasteiger charge is 2.18. The average Bonchev–Trinajstić information content (AvgIpc) is 3.21. The Bertz CT molecular complexity index is 1400. The molecule has 0 aliphatic carbocycles. The van der Waals surface area contributed by atoms with Gasteiger partial charge in [0.25, 0.3) is 0 Å². The minimum Gasteiger partial charge on any atom is -0.334 e. The Hall–Kier alpha value is -4.11. The van der Waals surface area contributed by atoms with Gasteiger partial charge in [0.1, 0.15) is 6.20 Å². The van der Waals surface area contributed by atoms with Crippen LogP contribution >= 0.6 is 11.3 Å². The van der Waals surface area contributed by atoms with Crippen molar-refractivity contribution in [3.63, 3.8) is 0 Å². The van der Waals surface area contributed by atoms with Crippen molar-refractivity contribution in [2.45, 2.75) is 0 Å². The standard InChI is InChI=1S/C21H14N6O2S/c28-27(29)18-11-22-21(25-15-6-5-13-3-1-2-4-14(13)9-15)26-20(18)24-16-7-8-17-19(10-16)30-12-23-17/h1-12H,(H2,22,24,25,26). The van der Waals surface area contributed by atoms with E-state index >= 15 is 0 Å². The number of hydrogen-bond acceptors (Lipinski definition) is 8. The van der Waals surface area contributed by atoms with Crippen LogP contribution in [0.2, 0.25) is 0 Å². The number of thiazole rings is 1. The summed E-state index contributed by atoms with van der Waals surface area (Å²) < 4.78 is 0.978. The first kappa shape index (κ1) is 18.0. The molecular weight excluding hydrogens is 400 g/mol. The van der Waals surface area contributed by atoms with E-state index in [1.54, 1.807) is 5.51 Å². The predicted molar refractivity (Wildman–Crippen MR) is 119 cm³/mol. The van der Waals surface area contributed by atoms with Crippen LogP contribution in [0.15, 0.2) is 72.4 Å². The van der Waals surface area contributed by atoms with E-state index in [-0.39, 0.29) is 17.5 Å². The van der Waals surface area contributed by atoms with E-state index in [1.807, 2.05) is 60.7 Å². The summed E-state index contributed by atoms with van der Waals surface area (Å²) in [5.74, 6) is 0.374. The molecule has 5 aromatic rings. The Morgan fingerprint density at radius 1 is 0.900 bits per heavy atom. The largest absolute Gasteiger partial charge is 0.334 e. The minimum absolute atomic E-state index is 0.113. The average molecular weight is 414 g/mol. The first-order chi connectivity index (χ1) is 14.7. The van der Waals surface area contributed by atoms with Gasteiger partial charge in [-0.1, -0.05) is 30.3 Å². The van der Waals surface area contributed by atoms with E-state index in [9.17, 15) is 10.1 Å². The van der Waals surface area contributed by atoms with Crippen LogP contribution in [-0.2, 0) is 0 Å². The Morgan fingerprint density at radius 3 is 2.57 bits per heavy atom. The topological polar surface area (TPSA) is 106 Å². The molecule has 8 nitrogen and oxygen atoms in total. The summed E-state index contributed by atoms with van der Waals surface area (Å²) in [6.45, 7) is 0. The Kier molecular flexibility index (Phi) is 4.41. The Morgan fingerprint density at radius 2 is 1.70 bits per heavy atom. The lowest BCUT2D eigenvalue weighted by Gasteiger charge is -2.10. The number of nitrogens with one attached hydrogen (secondary N) is 2. The van der Waals surface area contributed by atoms with Crippen molar-refractivity contribution in [3.05, 3.63) is 82.5 Å². The molecule has 0 fully saturated rings. The van der Waals surface area contributed by atoms with Gasteiger partial charge in [-0.15, -0.1) is 11.3 Å². The van der Waals surface area contributed by atoms with Gasteiger partial charge in [0.05, 0.1) is 20.7 Å². The second-order valence-corrected chi connectivity index (χ2v) is 7.42. The van der Waals surface area contributed by atoms with E-state index in [4.69, 9.17) is 0 Å². The van der Waals surface area contributed by atoms with Crippen molar-refractivity contribution in [3.8, 4) is 0 Å². The number of rotatable bonds is 5. The fraction of sp³-hybridized carbons (Fsp3) is 0. The molecule has 0 atom stereocenters. The molecule has 2 heterocycles. The van der Waals surface area contributed by atoms with Crippen molar-refractivity contribution < 1.29 is 4.92 Å². The van der Waals surface area contributed by atoms with Crippen molar-refractivity contribution >= 4 is 61.2 Å². The smallest absolute Gasteiger partial charge is 0.329 e. The van der Waals surface area contributed by atoms with E-state index in [1.165, 1.54) is 17.5 Å². The summed E-state index contributed by atoms with van der Waals surface area (Å²) in [6, 6.07) is 19.4. The monoisotopic (exact) mass is 414 g/mol. The zero-order chi connectivity index (χ0) is 20.5. The van der Waals surface area contributed by atoms with Gasteiger partial charge in [-0.05, 0) is 41.1 Å². The van der Waals surface area contributed by atoms with Gasteiger partial charge in [0.2, 0.25) is 11.8 Å². The summed E-state index contributed by atoms with van der Waals surface area (Å²) in [6.07, 6.45) is 1.20. The first-order valence-electron chi connectivity index (χ1n) is 9.03. The second kappa shape index (κ2) is 7.37. The third kappa shape index (κ3) is 3.49. The Balaban J connectivity index is 1.47. The molecule has 0 radical (unpaired) electrons. The van der Waals surface area contributed by atoms with Crippen molar-refractivity contribution in [2.75, 3.05) is 10.6 Å². The van der Waals surface area contributed by atoms with Gasteiger partial charge >= 0.3 is 5.69 Å². The molecule has 9 heteroatoms. The lowest BCUT2D eigenvalue weighted by molar-refractivity contribution is -0.384. The molecule has 3 aromatic carbocycles. The van der Waals surface area contributed by atoms with Crippen LogP contribution in [-0.4, -0.2) is 19.9 Å². The van der Waals surface area contributed by atoms with Gasteiger partial charge in [-0.25, -0.2) is 9.97 Å². The summed E-state index contributed by atoms with van der Waals surface area (Å²) in [5.41, 5.74) is 3.90. The van der Waals surface area contributed by atoms with Gasteiger partial charge in [0.15, 0.2) is 0 Å². The molecule has 0 spiro atoms. The van der Waals surface area contributed by atoms with Gasteiger partial charge in [-0.2, -0.15) is 4.98 Å². The summed E-state index contributed by atoms with van der Waals surface area (Å²) >= 11 is 1.50. The zero-order valence-electron chi connectivity index (χ0n) is 15.4. The van der Waals surface area contributed by atoms with E-state index in [2.05, 4.69) is 25.6 Å². The quantitative estimate of drug-likeness (QED) is 0.283. The number of benzene rings is 3. The highest BCUT2D eigenvalue weighted by molar-refractivity contribution is 7.16. The van der Waals surface area contributed by atoms with E-state index in [0.717, 1.165) is 26.7 Å². The molecule has 2 aromatic heterocycles. The number of fused-ring (bicyclic) bond motifs is 2. The van der Waals surface area contributed by atoms with E-state index in [0.29, 0.717) is 5.69 Å². The third-order valence-corrected chi connectivity index (χ3v) is 5.36. The van der Waals surface area contributed by atoms with Crippen molar-refractivity contribution in [1.29, 1.82) is 0 Å². The SMILES string of the molecule is O=[N+]([O-])c1cnc(Nc2ccc3ccccc3c2)nc1Nc1ccc2ncsc2c1. The number of nitrogens with zero attached hydrogens (tertiary/aromatic N) is 4. The number of nitro groups is 1. The van der Waals surface area contributed by atoms with Crippen LogP contribution < -0.4 is 10.6 Å². The Labute approximate surface area is 174 Å². The highest BCUT2D eigenvalue weighted by Crippen LogP contribution is 2.29. The minimum atomic E-state index is -0.507. The number of anilines is 4. The van der Waals surface area contributed by atoms with Crippen LogP contribution in [0.4, 0.5) is 28.8 Å². The van der Waals surface area contributed by atoms with Crippen molar-refractivity contribution in [2.24, 2.45) is 0 Å². The highest BCUT2D eigenvalue weighted by atomic mass is 32.1. The van der Waals surface area contributed by atoms with Crippen LogP contribution in [0.1, 0.15) is 0 Å². The van der Waals surface area contributed by atoms with Gasteiger partial charge in [-0.3, -0.25) is 10.1 Å². The maximum Gasteiger partial charge on any atom is 0.329 e. The fourth-order valence-electron chi connectivity index (χ4n) is 3.13. The molecule has 0 unspecified atom stereocenters. The molecule has 2 N–H and O–H groups in total.